The average Bonchev–Trinajstić information content (AvgIpc) is 2.60. The standard InChI is InChI=1S/C21H21ClFN3O3/c1-12(24-20(28)29-21(2,3)4)18-25-17-9-8-14(23)11-16(17)19(27)26(18)15-7-5-6-13(22)10-15/h5-12H,1-4H3,(H,24,28)/t12-/m0/s1. The van der Waals surface area contributed by atoms with Gasteiger partial charge in [-0.15, -0.1) is 0 Å². The van der Waals surface area contributed by atoms with E-state index in [1.807, 2.05) is 0 Å². The van der Waals surface area contributed by atoms with Crippen LogP contribution >= 0.6 is 11.6 Å². The van der Waals surface area contributed by atoms with Gasteiger partial charge >= 0.3 is 6.09 Å². The van der Waals surface area contributed by atoms with Gasteiger partial charge in [0.25, 0.3) is 5.56 Å². The highest BCUT2D eigenvalue weighted by molar-refractivity contribution is 6.30. The normalized spacial score (nSPS) is 12.6. The lowest BCUT2D eigenvalue weighted by Gasteiger charge is -2.23. The molecule has 152 valence electrons. The summed E-state index contributed by atoms with van der Waals surface area (Å²) in [5, 5.41) is 3.24. The van der Waals surface area contributed by atoms with Gasteiger partial charge in [-0.3, -0.25) is 9.36 Å². The Morgan fingerprint density at radius 1 is 1.24 bits per heavy atom. The van der Waals surface area contributed by atoms with Crippen molar-refractivity contribution in [3.8, 4) is 5.69 Å². The molecule has 3 aromatic rings. The van der Waals surface area contributed by atoms with E-state index in [1.165, 1.54) is 16.7 Å². The van der Waals surface area contributed by atoms with Gasteiger partial charge in [-0.25, -0.2) is 14.2 Å². The zero-order valence-corrected chi connectivity index (χ0v) is 17.2. The Labute approximate surface area is 172 Å². The van der Waals surface area contributed by atoms with Gasteiger partial charge in [-0.05, 0) is 64.1 Å². The number of aromatic nitrogens is 2. The van der Waals surface area contributed by atoms with Crippen LogP contribution in [0.25, 0.3) is 16.6 Å². The van der Waals surface area contributed by atoms with Gasteiger partial charge in [0.05, 0.1) is 22.6 Å². The molecular formula is C21H21ClFN3O3. The second-order valence-corrected chi connectivity index (χ2v) is 8.06. The largest absolute Gasteiger partial charge is 0.444 e. The van der Waals surface area contributed by atoms with Crippen molar-refractivity contribution >= 4 is 28.6 Å². The first kappa shape index (κ1) is 20.8. The highest BCUT2D eigenvalue weighted by Crippen LogP contribution is 2.21. The Morgan fingerprint density at radius 3 is 2.62 bits per heavy atom. The minimum atomic E-state index is -0.676. The number of fused-ring (bicyclic) bond motifs is 1. The van der Waals surface area contributed by atoms with E-state index in [-0.39, 0.29) is 11.2 Å². The molecule has 1 atom stereocenters. The van der Waals surface area contributed by atoms with Crippen molar-refractivity contribution in [1.82, 2.24) is 14.9 Å². The van der Waals surface area contributed by atoms with E-state index in [0.29, 0.717) is 16.2 Å². The number of nitrogens with one attached hydrogen (secondary N) is 1. The fourth-order valence-electron chi connectivity index (χ4n) is 2.88. The van der Waals surface area contributed by atoms with Crippen LogP contribution < -0.4 is 10.9 Å². The predicted molar refractivity (Wildman–Crippen MR) is 110 cm³/mol. The maximum Gasteiger partial charge on any atom is 0.408 e. The summed E-state index contributed by atoms with van der Waals surface area (Å²) in [7, 11) is 0. The molecule has 0 saturated carbocycles. The monoisotopic (exact) mass is 417 g/mol. The van der Waals surface area contributed by atoms with E-state index < -0.39 is 29.1 Å². The van der Waals surface area contributed by atoms with Gasteiger partial charge in [0, 0.05) is 5.02 Å². The summed E-state index contributed by atoms with van der Waals surface area (Å²) in [6.45, 7) is 6.94. The molecule has 1 N–H and O–H groups in total. The fourth-order valence-corrected chi connectivity index (χ4v) is 3.06. The Bertz CT molecular complexity index is 1140. The Kier molecular flexibility index (Phi) is 5.61. The molecule has 0 unspecified atom stereocenters. The molecule has 3 rings (SSSR count). The third-order valence-corrected chi connectivity index (χ3v) is 4.28. The molecule has 0 aliphatic rings. The van der Waals surface area contributed by atoms with E-state index in [1.54, 1.807) is 52.0 Å². The van der Waals surface area contributed by atoms with Crippen molar-refractivity contribution in [3.63, 3.8) is 0 Å². The molecule has 0 aliphatic heterocycles. The van der Waals surface area contributed by atoms with Crippen molar-refractivity contribution in [3.05, 3.63) is 69.5 Å². The number of halogens is 2. The van der Waals surface area contributed by atoms with Crippen LogP contribution in [0.2, 0.25) is 5.02 Å². The van der Waals surface area contributed by atoms with E-state index in [9.17, 15) is 14.0 Å². The molecule has 0 saturated heterocycles. The average molecular weight is 418 g/mol. The first-order valence-electron chi connectivity index (χ1n) is 9.03. The lowest BCUT2D eigenvalue weighted by atomic mass is 10.2. The maximum atomic E-state index is 13.7. The van der Waals surface area contributed by atoms with Crippen LogP contribution in [0.5, 0.6) is 0 Å². The fraction of sp³-hybridized carbons (Fsp3) is 0.286. The molecule has 29 heavy (non-hydrogen) atoms. The van der Waals surface area contributed by atoms with Crippen LogP contribution in [-0.4, -0.2) is 21.2 Å². The molecule has 8 heteroatoms. The van der Waals surface area contributed by atoms with Gasteiger partial charge in [0.1, 0.15) is 17.2 Å². The number of carbonyl (C=O) groups is 1. The summed E-state index contributed by atoms with van der Waals surface area (Å²) in [5.41, 5.74) is -0.369. The summed E-state index contributed by atoms with van der Waals surface area (Å²) in [6.07, 6.45) is -0.643. The van der Waals surface area contributed by atoms with Crippen LogP contribution in [0.3, 0.4) is 0 Å². The molecule has 1 amide bonds. The topological polar surface area (TPSA) is 73.2 Å². The number of alkyl carbamates (subject to hydrolysis) is 1. The molecule has 0 bridgehead atoms. The Hall–Kier alpha value is -2.93. The molecule has 6 nitrogen and oxygen atoms in total. The minimum Gasteiger partial charge on any atom is -0.444 e. The van der Waals surface area contributed by atoms with Crippen molar-refractivity contribution in [2.24, 2.45) is 0 Å². The van der Waals surface area contributed by atoms with Crippen molar-refractivity contribution in [1.29, 1.82) is 0 Å². The molecule has 1 aromatic heterocycles. The molecule has 0 aliphatic carbocycles. The SMILES string of the molecule is C[C@H](NC(=O)OC(C)(C)C)c1nc2ccc(F)cc2c(=O)n1-c1cccc(Cl)c1. The van der Waals surface area contributed by atoms with Crippen LogP contribution in [0.15, 0.2) is 47.3 Å². The maximum absolute atomic E-state index is 13.7. The van der Waals surface area contributed by atoms with Crippen molar-refractivity contribution in [2.45, 2.75) is 39.3 Å². The van der Waals surface area contributed by atoms with Crippen LogP contribution in [0, 0.1) is 5.82 Å². The van der Waals surface area contributed by atoms with Gasteiger partial charge < -0.3 is 10.1 Å². The van der Waals surface area contributed by atoms with Crippen LogP contribution in [-0.2, 0) is 4.74 Å². The Morgan fingerprint density at radius 2 is 1.97 bits per heavy atom. The molecule has 0 radical (unpaired) electrons. The smallest absolute Gasteiger partial charge is 0.408 e. The summed E-state index contributed by atoms with van der Waals surface area (Å²) < 4.78 is 20.3. The number of carbonyl (C=O) groups excluding carboxylic acids is 1. The minimum absolute atomic E-state index is 0.123. The van der Waals surface area contributed by atoms with Gasteiger partial charge in [-0.1, -0.05) is 17.7 Å². The Balaban J connectivity index is 2.17. The number of benzene rings is 2. The highest BCUT2D eigenvalue weighted by Gasteiger charge is 2.23. The quantitative estimate of drug-likeness (QED) is 0.666. The second-order valence-electron chi connectivity index (χ2n) is 7.62. The van der Waals surface area contributed by atoms with Crippen molar-refractivity contribution < 1.29 is 13.9 Å². The molecular weight excluding hydrogens is 397 g/mol. The van der Waals surface area contributed by atoms with Gasteiger partial charge in [0.2, 0.25) is 0 Å². The number of ether oxygens (including phenoxy) is 1. The summed E-state index contributed by atoms with van der Waals surface area (Å²) in [4.78, 5) is 29.9. The van der Waals surface area contributed by atoms with Gasteiger partial charge in [-0.2, -0.15) is 0 Å². The molecule has 0 fully saturated rings. The number of hydrogen-bond donors (Lipinski definition) is 1. The molecule has 0 spiro atoms. The third kappa shape index (κ3) is 4.74. The van der Waals surface area contributed by atoms with E-state index in [4.69, 9.17) is 16.3 Å². The summed E-state index contributed by atoms with van der Waals surface area (Å²) >= 11 is 6.09. The van der Waals surface area contributed by atoms with Gasteiger partial charge in [0.15, 0.2) is 0 Å². The van der Waals surface area contributed by atoms with Crippen LogP contribution in [0.1, 0.15) is 39.6 Å². The second kappa shape index (κ2) is 7.83. The molecule has 2 aromatic carbocycles. The van der Waals surface area contributed by atoms with E-state index in [0.717, 1.165) is 6.07 Å². The number of hydrogen-bond acceptors (Lipinski definition) is 4. The predicted octanol–water partition coefficient (Wildman–Crippen LogP) is 4.76. The zero-order valence-electron chi connectivity index (χ0n) is 16.5. The number of rotatable bonds is 3. The zero-order chi connectivity index (χ0) is 21.3. The first-order chi connectivity index (χ1) is 13.5. The first-order valence-corrected chi connectivity index (χ1v) is 9.40. The third-order valence-electron chi connectivity index (χ3n) is 4.04. The number of nitrogens with zero attached hydrogens (tertiary/aromatic N) is 2. The molecule has 1 heterocycles. The van der Waals surface area contributed by atoms with Crippen molar-refractivity contribution in [2.75, 3.05) is 0 Å². The summed E-state index contributed by atoms with van der Waals surface area (Å²) in [5.74, 6) is -0.274. The highest BCUT2D eigenvalue weighted by atomic mass is 35.5. The van der Waals surface area contributed by atoms with E-state index >= 15 is 0 Å². The number of amides is 1. The summed E-state index contributed by atoms with van der Waals surface area (Å²) in [6, 6.07) is 9.77. The van der Waals surface area contributed by atoms with Crippen LogP contribution in [0.4, 0.5) is 9.18 Å². The lowest BCUT2D eigenvalue weighted by Crippen LogP contribution is -2.36. The lowest BCUT2D eigenvalue weighted by molar-refractivity contribution is 0.0505. The van der Waals surface area contributed by atoms with E-state index in [2.05, 4.69) is 10.3 Å².